The summed E-state index contributed by atoms with van der Waals surface area (Å²) in [5.41, 5.74) is 11.0. The second kappa shape index (κ2) is 13.5. The van der Waals surface area contributed by atoms with Gasteiger partial charge in [0.25, 0.3) is 0 Å². The highest BCUT2D eigenvalue weighted by Gasteiger charge is 2.29. The summed E-state index contributed by atoms with van der Waals surface area (Å²) in [6.07, 6.45) is -0.736. The third kappa shape index (κ3) is 10.1. The molecule has 0 heterocycles. The Labute approximate surface area is 173 Å². The summed E-state index contributed by atoms with van der Waals surface area (Å²) < 4.78 is 0. The topological polar surface area (TPSA) is 234 Å². The molecule has 0 aliphatic carbocycles. The number of rotatable bonds is 14. The van der Waals surface area contributed by atoms with Gasteiger partial charge in [-0.15, -0.1) is 0 Å². The molecule has 0 saturated heterocycles. The third-order valence-electron chi connectivity index (χ3n) is 4.15. The van der Waals surface area contributed by atoms with Crippen LogP contribution >= 0.6 is 0 Å². The van der Waals surface area contributed by atoms with Gasteiger partial charge in [0.15, 0.2) is 0 Å². The molecule has 0 spiro atoms. The van der Waals surface area contributed by atoms with Gasteiger partial charge in [0.1, 0.15) is 24.2 Å². The molecular formula is C17H31N5O8. The molecule has 172 valence electrons. The maximum absolute atomic E-state index is 12.5. The number of hydrogen-bond acceptors (Lipinski definition) is 8. The predicted molar refractivity (Wildman–Crippen MR) is 104 cm³/mol. The van der Waals surface area contributed by atoms with Gasteiger partial charge in [-0.1, -0.05) is 0 Å². The zero-order chi connectivity index (χ0) is 23.4. The van der Waals surface area contributed by atoms with Crippen LogP contribution in [0.2, 0.25) is 0 Å². The minimum absolute atomic E-state index is 0.187. The zero-order valence-corrected chi connectivity index (χ0v) is 17.0. The van der Waals surface area contributed by atoms with Crippen LogP contribution in [0.15, 0.2) is 0 Å². The first-order valence-electron chi connectivity index (χ1n) is 9.40. The number of nitrogens with one attached hydrogen (secondary N) is 3. The van der Waals surface area contributed by atoms with Gasteiger partial charge in [-0.3, -0.25) is 19.2 Å². The van der Waals surface area contributed by atoms with Crippen molar-refractivity contribution >= 4 is 29.7 Å². The minimum Gasteiger partial charge on any atom is -0.481 e. The van der Waals surface area contributed by atoms with E-state index in [0.29, 0.717) is 19.4 Å². The standard InChI is InChI=1S/C17H31N5O8/c1-8(14(26)22-11(17(29)30)7-12(24)25)20-15(27)10(5-3-4-6-18)21-16(28)13(19)9(2)23/h8-11,13,23H,3-7,18-19H2,1-2H3,(H,20,27)(H,21,28)(H,22,26)(H,24,25)(H,29,30). The van der Waals surface area contributed by atoms with Crippen molar-refractivity contribution in [1.29, 1.82) is 0 Å². The van der Waals surface area contributed by atoms with Crippen LogP contribution in [0.3, 0.4) is 0 Å². The summed E-state index contributed by atoms with van der Waals surface area (Å²) in [5.74, 6) is -5.36. The molecule has 5 unspecified atom stereocenters. The van der Waals surface area contributed by atoms with E-state index in [4.69, 9.17) is 21.7 Å². The van der Waals surface area contributed by atoms with Crippen molar-refractivity contribution in [2.24, 2.45) is 11.5 Å². The molecule has 0 aromatic carbocycles. The number of amides is 3. The average molecular weight is 433 g/mol. The third-order valence-corrected chi connectivity index (χ3v) is 4.15. The van der Waals surface area contributed by atoms with Crippen molar-refractivity contribution in [2.45, 2.75) is 69.8 Å². The summed E-state index contributed by atoms with van der Waals surface area (Å²) in [6, 6.07) is -5.22. The van der Waals surface area contributed by atoms with Crippen LogP contribution in [0.4, 0.5) is 0 Å². The van der Waals surface area contributed by atoms with E-state index in [-0.39, 0.29) is 6.42 Å². The van der Waals surface area contributed by atoms with E-state index in [1.165, 1.54) is 13.8 Å². The fourth-order valence-electron chi connectivity index (χ4n) is 2.30. The largest absolute Gasteiger partial charge is 0.481 e. The Bertz CT molecular complexity index is 627. The van der Waals surface area contributed by atoms with E-state index in [2.05, 4.69) is 10.6 Å². The van der Waals surface area contributed by atoms with Crippen LogP contribution < -0.4 is 27.4 Å². The highest BCUT2D eigenvalue weighted by Crippen LogP contribution is 2.03. The number of hydrogen-bond donors (Lipinski definition) is 8. The minimum atomic E-state index is -1.67. The highest BCUT2D eigenvalue weighted by atomic mass is 16.4. The van der Waals surface area contributed by atoms with Gasteiger partial charge in [0.2, 0.25) is 17.7 Å². The number of carboxylic acid groups (broad SMARTS) is 2. The Morgan fingerprint density at radius 1 is 0.867 bits per heavy atom. The van der Waals surface area contributed by atoms with E-state index in [9.17, 15) is 29.1 Å². The molecule has 3 amide bonds. The van der Waals surface area contributed by atoms with E-state index < -0.39 is 66.4 Å². The fraction of sp³-hybridized carbons (Fsp3) is 0.706. The summed E-state index contributed by atoms with van der Waals surface area (Å²) in [4.78, 5) is 58.5. The first-order valence-corrected chi connectivity index (χ1v) is 9.40. The first kappa shape index (κ1) is 27.2. The lowest BCUT2D eigenvalue weighted by molar-refractivity contribution is -0.147. The van der Waals surface area contributed by atoms with Gasteiger partial charge in [0, 0.05) is 0 Å². The highest BCUT2D eigenvalue weighted by molar-refractivity contribution is 5.94. The molecule has 0 aliphatic heterocycles. The van der Waals surface area contributed by atoms with Crippen LogP contribution in [0.5, 0.6) is 0 Å². The van der Waals surface area contributed by atoms with Crippen molar-refractivity contribution in [2.75, 3.05) is 6.54 Å². The molecule has 0 fully saturated rings. The number of unbranched alkanes of at least 4 members (excludes halogenated alkanes) is 1. The number of aliphatic carboxylic acids is 2. The van der Waals surface area contributed by atoms with Crippen LogP contribution in [0, 0.1) is 0 Å². The molecule has 13 heteroatoms. The fourth-order valence-corrected chi connectivity index (χ4v) is 2.30. The van der Waals surface area contributed by atoms with Gasteiger partial charge in [-0.25, -0.2) is 4.79 Å². The quantitative estimate of drug-likeness (QED) is 0.128. The molecule has 0 radical (unpaired) electrons. The van der Waals surface area contributed by atoms with Crippen molar-refractivity contribution in [3.8, 4) is 0 Å². The van der Waals surface area contributed by atoms with Crippen molar-refractivity contribution in [3.63, 3.8) is 0 Å². The maximum Gasteiger partial charge on any atom is 0.326 e. The second-order valence-corrected chi connectivity index (χ2v) is 6.84. The lowest BCUT2D eigenvalue weighted by atomic mass is 10.1. The van der Waals surface area contributed by atoms with Crippen molar-refractivity contribution in [3.05, 3.63) is 0 Å². The summed E-state index contributed by atoms with van der Waals surface area (Å²) >= 11 is 0. The van der Waals surface area contributed by atoms with Crippen LogP contribution in [0.1, 0.15) is 39.5 Å². The molecule has 0 rings (SSSR count). The Hall–Kier alpha value is -2.77. The lowest BCUT2D eigenvalue weighted by Gasteiger charge is -2.24. The molecule has 0 aliphatic rings. The lowest BCUT2D eigenvalue weighted by Crippen LogP contribution is -2.57. The molecule has 10 N–H and O–H groups in total. The number of carbonyl (C=O) groups is 5. The monoisotopic (exact) mass is 433 g/mol. The molecule has 0 saturated carbocycles. The normalized spacial score (nSPS) is 15.8. The number of carbonyl (C=O) groups excluding carboxylic acids is 3. The van der Waals surface area contributed by atoms with E-state index in [1.807, 2.05) is 5.32 Å². The van der Waals surface area contributed by atoms with E-state index in [0.717, 1.165) is 0 Å². The Kier molecular flexibility index (Phi) is 12.2. The Morgan fingerprint density at radius 2 is 1.43 bits per heavy atom. The Balaban J connectivity index is 5.08. The molecule has 0 bridgehead atoms. The van der Waals surface area contributed by atoms with Crippen LogP contribution in [-0.4, -0.2) is 81.8 Å². The molecule has 0 aromatic heterocycles. The number of nitrogens with two attached hydrogens (primary N) is 2. The summed E-state index contributed by atoms with van der Waals surface area (Å²) in [5, 5.41) is 33.9. The molecule has 0 aromatic rings. The first-order chi connectivity index (χ1) is 13.9. The van der Waals surface area contributed by atoms with Crippen molar-refractivity contribution < 1.29 is 39.3 Å². The van der Waals surface area contributed by atoms with Crippen molar-refractivity contribution in [1.82, 2.24) is 16.0 Å². The predicted octanol–water partition coefficient (Wildman–Crippen LogP) is -3.14. The molecule has 30 heavy (non-hydrogen) atoms. The van der Waals surface area contributed by atoms with Crippen LogP contribution in [0.25, 0.3) is 0 Å². The Morgan fingerprint density at radius 3 is 1.90 bits per heavy atom. The smallest absolute Gasteiger partial charge is 0.326 e. The van der Waals surface area contributed by atoms with Gasteiger partial charge in [-0.05, 0) is 39.7 Å². The maximum atomic E-state index is 12.5. The second-order valence-electron chi connectivity index (χ2n) is 6.84. The van der Waals surface area contributed by atoms with Gasteiger partial charge in [0.05, 0.1) is 12.5 Å². The average Bonchev–Trinajstić information content (AvgIpc) is 2.65. The van der Waals surface area contributed by atoms with Gasteiger partial charge >= 0.3 is 11.9 Å². The van der Waals surface area contributed by atoms with Gasteiger partial charge in [-0.2, -0.15) is 0 Å². The molecular weight excluding hydrogens is 402 g/mol. The molecule has 13 nitrogen and oxygen atoms in total. The van der Waals surface area contributed by atoms with E-state index >= 15 is 0 Å². The van der Waals surface area contributed by atoms with E-state index in [1.54, 1.807) is 0 Å². The number of carboxylic acids is 2. The molecule has 5 atom stereocenters. The number of aliphatic hydroxyl groups excluding tert-OH is 1. The summed E-state index contributed by atoms with van der Waals surface area (Å²) in [6.45, 7) is 2.96. The SMILES string of the molecule is CC(NC(=O)C(CCCCN)NC(=O)C(N)C(C)O)C(=O)NC(CC(=O)O)C(=O)O. The van der Waals surface area contributed by atoms with Gasteiger partial charge < -0.3 is 42.7 Å². The summed E-state index contributed by atoms with van der Waals surface area (Å²) in [7, 11) is 0. The van der Waals surface area contributed by atoms with Crippen LogP contribution in [-0.2, 0) is 24.0 Å². The zero-order valence-electron chi connectivity index (χ0n) is 17.0. The number of aliphatic hydroxyl groups is 1.